The minimum atomic E-state index is -1.72. The van der Waals surface area contributed by atoms with Gasteiger partial charge in [-0.25, -0.2) is 9.59 Å². The fourth-order valence-electron chi connectivity index (χ4n) is 4.12. The van der Waals surface area contributed by atoms with E-state index >= 15 is 0 Å². The molecule has 0 radical (unpaired) electrons. The summed E-state index contributed by atoms with van der Waals surface area (Å²) < 4.78 is 37.7. The van der Waals surface area contributed by atoms with E-state index in [-0.39, 0.29) is 42.9 Å². The highest BCUT2D eigenvalue weighted by Crippen LogP contribution is 2.37. The number of nitro groups is 1. The van der Waals surface area contributed by atoms with Crippen molar-refractivity contribution in [1.82, 2.24) is 15.0 Å². The summed E-state index contributed by atoms with van der Waals surface area (Å²) in [5.41, 5.74) is -1.88. The number of aromatic nitrogens is 3. The Morgan fingerprint density at radius 2 is 1.62 bits per heavy atom. The first-order valence-electron chi connectivity index (χ1n) is 14.2. The van der Waals surface area contributed by atoms with E-state index in [0.717, 1.165) is 16.9 Å². The zero-order valence-electron chi connectivity index (χ0n) is 26.7. The van der Waals surface area contributed by atoms with E-state index in [9.17, 15) is 29.6 Å². The summed E-state index contributed by atoms with van der Waals surface area (Å²) >= 11 is 0. The first-order chi connectivity index (χ1) is 21.1. The van der Waals surface area contributed by atoms with Gasteiger partial charge in [-0.05, 0) is 34.6 Å². The maximum Gasteiger partial charge on any atom is 0.514 e. The number of rotatable bonds is 17. The molecule has 0 amide bonds. The highest BCUT2D eigenvalue weighted by atomic mass is 16.9. The second-order valence-electron chi connectivity index (χ2n) is 10.1. The van der Waals surface area contributed by atoms with Gasteiger partial charge in [-0.2, -0.15) is 0 Å². The summed E-state index contributed by atoms with van der Waals surface area (Å²) in [5, 5.41) is 29.7. The Bertz CT molecular complexity index is 1350. The Hall–Kier alpha value is -4.51. The summed E-state index contributed by atoms with van der Waals surface area (Å²) in [4.78, 5) is 50.3. The Kier molecular flexibility index (Phi) is 13.0. The quantitative estimate of drug-likeness (QED) is 0.0752. The number of ether oxygens (including phenoxy) is 7. The molecular formula is C28H40N4O13. The molecule has 1 aromatic heterocycles. The number of methoxy groups -OCH3 is 1. The van der Waals surface area contributed by atoms with Crippen LogP contribution < -0.4 is 9.47 Å². The molecule has 2 aromatic rings. The van der Waals surface area contributed by atoms with Crippen LogP contribution in [-0.4, -0.2) is 75.5 Å². The summed E-state index contributed by atoms with van der Waals surface area (Å²) in [7, 11) is 1.28. The molecular weight excluding hydrogens is 600 g/mol. The van der Waals surface area contributed by atoms with Gasteiger partial charge in [0.15, 0.2) is 17.2 Å². The number of nitro benzene ring substituents is 1. The van der Waals surface area contributed by atoms with E-state index in [1.54, 1.807) is 48.5 Å². The van der Waals surface area contributed by atoms with Gasteiger partial charge in [0, 0.05) is 18.4 Å². The van der Waals surface area contributed by atoms with Gasteiger partial charge in [0.25, 0.3) is 5.69 Å². The van der Waals surface area contributed by atoms with Crippen LogP contribution in [0.15, 0.2) is 12.1 Å². The van der Waals surface area contributed by atoms with E-state index < -0.39 is 64.2 Å². The van der Waals surface area contributed by atoms with Gasteiger partial charge in [-0.3, -0.25) is 14.9 Å². The molecule has 1 heterocycles. The van der Waals surface area contributed by atoms with Crippen molar-refractivity contribution in [3.63, 3.8) is 0 Å². The maximum atomic E-state index is 13.9. The van der Waals surface area contributed by atoms with Crippen molar-refractivity contribution >= 4 is 23.8 Å². The van der Waals surface area contributed by atoms with Crippen molar-refractivity contribution in [2.75, 3.05) is 20.3 Å². The summed E-state index contributed by atoms with van der Waals surface area (Å²) in [6.45, 7) is 13.4. The highest BCUT2D eigenvalue weighted by Gasteiger charge is 2.38. The van der Waals surface area contributed by atoms with Crippen molar-refractivity contribution in [2.45, 2.75) is 86.2 Å². The van der Waals surface area contributed by atoms with Crippen LogP contribution in [0.25, 0.3) is 0 Å². The van der Waals surface area contributed by atoms with Gasteiger partial charge >= 0.3 is 18.3 Å². The molecule has 1 N–H and O–H groups in total. The fraction of sp³-hybridized carbons (Fsp3) is 0.607. The Morgan fingerprint density at radius 3 is 2.09 bits per heavy atom. The van der Waals surface area contributed by atoms with Gasteiger partial charge in [0.05, 0.1) is 37.4 Å². The van der Waals surface area contributed by atoms with Crippen LogP contribution in [-0.2, 0) is 23.7 Å². The molecule has 2 rings (SSSR count). The van der Waals surface area contributed by atoms with Crippen molar-refractivity contribution in [2.24, 2.45) is 5.92 Å². The van der Waals surface area contributed by atoms with Crippen LogP contribution >= 0.6 is 0 Å². The fourth-order valence-corrected chi connectivity index (χ4v) is 4.12. The van der Waals surface area contributed by atoms with Gasteiger partial charge < -0.3 is 38.3 Å². The maximum absolute atomic E-state index is 13.9. The largest absolute Gasteiger partial charge is 0.514 e. The Balaban J connectivity index is 2.68. The number of carbonyl (C=O) groups is 3. The number of carbonyl (C=O) groups excluding carboxylic acids is 2. The average Bonchev–Trinajstić information content (AvgIpc) is 3.40. The molecule has 2 atom stereocenters. The lowest BCUT2D eigenvalue weighted by Gasteiger charge is -2.31. The predicted molar refractivity (Wildman–Crippen MR) is 154 cm³/mol. The molecule has 45 heavy (non-hydrogen) atoms. The lowest BCUT2D eigenvalue weighted by Crippen LogP contribution is -2.41. The van der Waals surface area contributed by atoms with Gasteiger partial charge in [-0.15, -0.1) is 15.0 Å². The minimum absolute atomic E-state index is 0.00690. The van der Waals surface area contributed by atoms with Crippen LogP contribution in [0.1, 0.15) is 95.9 Å². The number of benzene rings is 1. The van der Waals surface area contributed by atoms with Gasteiger partial charge in [0.1, 0.15) is 17.4 Å². The number of ketones is 1. The molecule has 1 aromatic carbocycles. The molecule has 0 spiro atoms. The molecule has 17 nitrogen and oxygen atoms in total. The molecule has 2 unspecified atom stereocenters. The lowest BCUT2D eigenvalue weighted by atomic mass is 10.0. The smallest absolute Gasteiger partial charge is 0.493 e. The van der Waals surface area contributed by atoms with E-state index in [1.165, 1.54) is 14.0 Å². The molecule has 0 saturated heterocycles. The molecule has 17 heteroatoms. The topological polar surface area (TPSA) is 210 Å². The zero-order chi connectivity index (χ0) is 34.1. The molecule has 250 valence electrons. The third-order valence-electron chi connectivity index (χ3n) is 6.03. The molecule has 0 aliphatic heterocycles. The van der Waals surface area contributed by atoms with E-state index in [4.69, 9.17) is 33.2 Å². The van der Waals surface area contributed by atoms with Crippen molar-refractivity contribution in [1.29, 1.82) is 0 Å². The summed E-state index contributed by atoms with van der Waals surface area (Å²) in [6.07, 6.45) is -5.82. The van der Waals surface area contributed by atoms with Gasteiger partial charge in [-0.1, -0.05) is 20.8 Å². The molecule has 0 fully saturated rings. The molecule has 0 aliphatic carbocycles. The van der Waals surface area contributed by atoms with E-state index in [0.29, 0.717) is 0 Å². The van der Waals surface area contributed by atoms with Crippen molar-refractivity contribution < 1.29 is 57.6 Å². The third kappa shape index (κ3) is 9.24. The first kappa shape index (κ1) is 36.7. The van der Waals surface area contributed by atoms with Crippen LogP contribution in [0.4, 0.5) is 15.3 Å². The third-order valence-corrected chi connectivity index (χ3v) is 6.03. The first-order valence-corrected chi connectivity index (χ1v) is 14.2. The van der Waals surface area contributed by atoms with Crippen molar-refractivity contribution in [3.8, 4) is 11.5 Å². The Morgan fingerprint density at radius 1 is 1.00 bits per heavy atom. The molecule has 0 saturated carbocycles. The number of nitrogens with zero attached hydrogens (tertiary/aromatic N) is 4. The van der Waals surface area contributed by atoms with Gasteiger partial charge in [0.2, 0.25) is 12.0 Å². The second-order valence-corrected chi connectivity index (χ2v) is 10.1. The average molecular weight is 641 g/mol. The van der Waals surface area contributed by atoms with Crippen molar-refractivity contribution in [3.05, 3.63) is 39.2 Å². The van der Waals surface area contributed by atoms with E-state index in [2.05, 4.69) is 10.2 Å². The highest BCUT2D eigenvalue weighted by molar-refractivity contribution is 6.11. The predicted octanol–water partition coefficient (Wildman–Crippen LogP) is 5.41. The Labute approximate surface area is 259 Å². The summed E-state index contributed by atoms with van der Waals surface area (Å²) in [5.74, 6) is -3.22. The standard InChI is InChI=1S/C28H40N4O13/c1-10-28(40-11-2,41-12-3)45-27(36)44-25(15(4)5)31-29-22(17(8)43-26(34)35)23(30-31)24(33)18-13-21(42-16(6)7)20(39-9)14-19(18)32(37)38/h13-17,25H,10-12H2,1-9H3,(H,34,35). The van der Waals surface area contributed by atoms with E-state index in [1.807, 2.05) is 0 Å². The monoisotopic (exact) mass is 640 g/mol. The molecule has 0 aliphatic rings. The minimum Gasteiger partial charge on any atom is -0.493 e. The van der Waals surface area contributed by atoms with Crippen LogP contribution in [0.2, 0.25) is 0 Å². The lowest BCUT2D eigenvalue weighted by molar-refractivity contribution is -0.385. The molecule has 0 bridgehead atoms. The second kappa shape index (κ2) is 16.0. The van der Waals surface area contributed by atoms with Crippen LogP contribution in [0.3, 0.4) is 0 Å². The normalized spacial score (nSPS) is 12.9. The van der Waals surface area contributed by atoms with Crippen LogP contribution in [0.5, 0.6) is 11.5 Å². The SMILES string of the molecule is CCOC(CC)(OCC)OC(=O)OC(C(C)C)n1nc(C(=O)c2cc(OC(C)C)c(OC)cc2[N+](=O)[O-])c(C(C)OC(=O)O)n1. The van der Waals surface area contributed by atoms with Crippen LogP contribution in [0, 0.1) is 16.0 Å². The number of carboxylic acid groups (broad SMARTS) is 1. The number of hydrogen-bond donors (Lipinski definition) is 1. The summed E-state index contributed by atoms with van der Waals surface area (Å²) in [6, 6.07) is 2.16. The zero-order valence-corrected chi connectivity index (χ0v) is 26.7. The number of hydrogen-bond acceptors (Lipinski definition) is 14.